The maximum absolute atomic E-state index is 5.24. The molecular formula is C11H7N3OS2. The minimum atomic E-state index is -0.476. The monoisotopic (exact) mass is 261 g/mol. The molecule has 0 bridgehead atoms. The zero-order valence-electron chi connectivity index (χ0n) is 8.61. The summed E-state index contributed by atoms with van der Waals surface area (Å²) in [5.74, 6) is 0. The third-order valence-electron chi connectivity index (χ3n) is 2.25. The number of hydrogen-bond acceptors (Lipinski definition) is 5. The second-order valence-corrected chi connectivity index (χ2v) is 4.60. The van der Waals surface area contributed by atoms with E-state index in [2.05, 4.69) is 15.2 Å². The van der Waals surface area contributed by atoms with Gasteiger partial charge in [0.1, 0.15) is 10.7 Å². The molecular weight excluding hydrogens is 254 g/mol. The Labute approximate surface area is 107 Å². The maximum Gasteiger partial charge on any atom is 0.304 e. The number of benzene rings is 1. The highest BCUT2D eigenvalue weighted by Crippen LogP contribution is 2.30. The highest BCUT2D eigenvalue weighted by molar-refractivity contribution is 7.80. The number of nitrogens with zero attached hydrogens (tertiary/aromatic N) is 3. The molecule has 0 aliphatic carbocycles. The molecule has 1 atom stereocenters. The molecule has 1 aromatic carbocycles. The molecule has 1 unspecified atom stereocenters. The summed E-state index contributed by atoms with van der Waals surface area (Å²) >= 11 is 6.34. The van der Waals surface area contributed by atoms with E-state index in [-0.39, 0.29) is 5.17 Å². The quantitative estimate of drug-likeness (QED) is 0.776. The molecule has 1 aromatic heterocycles. The minimum Gasteiger partial charge on any atom is -0.435 e. The number of ether oxygens (including phenoxy) is 1. The number of azo groups is 1. The molecule has 0 radical (unpaired) electrons. The average molecular weight is 261 g/mol. The van der Waals surface area contributed by atoms with Crippen molar-refractivity contribution in [2.24, 2.45) is 10.2 Å². The fourth-order valence-corrected chi connectivity index (χ4v) is 2.44. The molecule has 1 aliphatic rings. The van der Waals surface area contributed by atoms with E-state index in [9.17, 15) is 0 Å². The average Bonchev–Trinajstić information content (AvgIpc) is 2.98. The van der Waals surface area contributed by atoms with Crippen LogP contribution in [-0.4, -0.2) is 10.2 Å². The summed E-state index contributed by atoms with van der Waals surface area (Å²) in [7, 11) is 0. The van der Waals surface area contributed by atoms with Crippen LogP contribution in [0.2, 0.25) is 0 Å². The van der Waals surface area contributed by atoms with E-state index >= 15 is 0 Å². The highest BCUT2D eigenvalue weighted by atomic mass is 32.1. The summed E-state index contributed by atoms with van der Waals surface area (Å²) in [5.41, 5.74) is 1.83. The summed E-state index contributed by atoms with van der Waals surface area (Å²) < 4.78 is 5.24. The van der Waals surface area contributed by atoms with Gasteiger partial charge in [-0.3, -0.25) is 0 Å². The molecule has 84 valence electrons. The molecule has 0 N–H and O–H groups in total. The largest absolute Gasteiger partial charge is 0.435 e. The van der Waals surface area contributed by atoms with Gasteiger partial charge in [0.05, 0.1) is 0 Å². The Morgan fingerprint density at radius 1 is 1.24 bits per heavy atom. The van der Waals surface area contributed by atoms with Gasteiger partial charge in [-0.05, 0) is 12.2 Å². The predicted octanol–water partition coefficient (Wildman–Crippen LogP) is 3.58. The van der Waals surface area contributed by atoms with E-state index in [0.29, 0.717) is 0 Å². The standard InChI is InChI=1S/C11H7N3OS2/c16-11-14-13-9(15-11)8-6-17-10(12-8)7-4-2-1-3-5-7/h1-6,9H. The van der Waals surface area contributed by atoms with Gasteiger partial charge in [-0.2, -0.15) is 0 Å². The van der Waals surface area contributed by atoms with Crippen molar-refractivity contribution in [3.8, 4) is 10.6 Å². The SMILES string of the molecule is S=C1N=NC(c2csc(-c3ccccc3)n2)O1. The van der Waals surface area contributed by atoms with Gasteiger partial charge in [0, 0.05) is 10.9 Å². The van der Waals surface area contributed by atoms with E-state index in [0.717, 1.165) is 16.3 Å². The van der Waals surface area contributed by atoms with Crippen LogP contribution in [0.15, 0.2) is 45.9 Å². The van der Waals surface area contributed by atoms with E-state index in [1.54, 1.807) is 11.3 Å². The molecule has 2 aromatic rings. The fraction of sp³-hybridized carbons (Fsp3) is 0.0909. The Morgan fingerprint density at radius 2 is 2.06 bits per heavy atom. The second-order valence-electron chi connectivity index (χ2n) is 3.40. The first kappa shape index (κ1) is 10.5. The van der Waals surface area contributed by atoms with Crippen molar-refractivity contribution >= 4 is 28.7 Å². The molecule has 0 amide bonds. The van der Waals surface area contributed by atoms with Crippen LogP contribution in [-0.2, 0) is 4.74 Å². The van der Waals surface area contributed by atoms with Gasteiger partial charge in [-0.25, -0.2) is 4.98 Å². The van der Waals surface area contributed by atoms with E-state index in [1.807, 2.05) is 35.7 Å². The lowest BCUT2D eigenvalue weighted by Gasteiger charge is -2.01. The van der Waals surface area contributed by atoms with Gasteiger partial charge in [-0.1, -0.05) is 30.3 Å². The van der Waals surface area contributed by atoms with Crippen molar-refractivity contribution < 1.29 is 4.74 Å². The smallest absolute Gasteiger partial charge is 0.304 e. The zero-order chi connectivity index (χ0) is 11.7. The first-order chi connectivity index (χ1) is 8.33. The Bertz CT molecular complexity index is 579. The fourth-order valence-electron chi connectivity index (χ4n) is 1.47. The molecule has 6 heteroatoms. The number of rotatable bonds is 2. The normalized spacial score (nSPS) is 18.4. The molecule has 0 spiro atoms. The molecule has 0 saturated carbocycles. The summed E-state index contributed by atoms with van der Waals surface area (Å²) in [4.78, 5) is 4.48. The van der Waals surface area contributed by atoms with Crippen LogP contribution in [0.25, 0.3) is 10.6 Å². The molecule has 1 aliphatic heterocycles. The molecule has 2 heterocycles. The van der Waals surface area contributed by atoms with Crippen molar-refractivity contribution in [3.05, 3.63) is 41.4 Å². The first-order valence-electron chi connectivity index (χ1n) is 4.95. The van der Waals surface area contributed by atoms with Crippen molar-refractivity contribution in [3.63, 3.8) is 0 Å². The van der Waals surface area contributed by atoms with Crippen molar-refractivity contribution in [1.82, 2.24) is 4.98 Å². The third kappa shape index (κ3) is 2.09. The van der Waals surface area contributed by atoms with Crippen LogP contribution in [0.5, 0.6) is 0 Å². The maximum atomic E-state index is 5.24. The van der Waals surface area contributed by atoms with E-state index in [4.69, 9.17) is 17.0 Å². The minimum absolute atomic E-state index is 0.171. The Balaban J connectivity index is 1.89. The lowest BCUT2D eigenvalue weighted by Crippen LogP contribution is -1.98. The lowest BCUT2D eigenvalue weighted by molar-refractivity contribution is 0.223. The molecule has 4 nitrogen and oxygen atoms in total. The van der Waals surface area contributed by atoms with Gasteiger partial charge in [0.2, 0.25) is 0 Å². The van der Waals surface area contributed by atoms with Gasteiger partial charge >= 0.3 is 5.17 Å². The molecule has 3 rings (SSSR count). The van der Waals surface area contributed by atoms with Crippen LogP contribution < -0.4 is 0 Å². The predicted molar refractivity (Wildman–Crippen MR) is 68.8 cm³/mol. The van der Waals surface area contributed by atoms with Gasteiger partial charge in [-0.15, -0.1) is 21.6 Å². The van der Waals surface area contributed by atoms with Gasteiger partial charge in [0.25, 0.3) is 6.23 Å². The van der Waals surface area contributed by atoms with Crippen molar-refractivity contribution in [2.75, 3.05) is 0 Å². The number of thiazole rings is 1. The second kappa shape index (κ2) is 4.31. The lowest BCUT2D eigenvalue weighted by atomic mass is 10.2. The van der Waals surface area contributed by atoms with Crippen LogP contribution in [0.3, 0.4) is 0 Å². The summed E-state index contributed by atoms with van der Waals surface area (Å²) in [6.07, 6.45) is -0.476. The summed E-state index contributed by atoms with van der Waals surface area (Å²) in [5, 5.41) is 10.6. The van der Waals surface area contributed by atoms with Gasteiger partial charge in [0.15, 0.2) is 0 Å². The Hall–Kier alpha value is -1.66. The van der Waals surface area contributed by atoms with E-state index < -0.39 is 6.23 Å². The van der Waals surface area contributed by atoms with Crippen LogP contribution in [0.1, 0.15) is 11.9 Å². The topological polar surface area (TPSA) is 46.8 Å². The molecule has 17 heavy (non-hydrogen) atoms. The summed E-state index contributed by atoms with van der Waals surface area (Å²) in [6.45, 7) is 0. The van der Waals surface area contributed by atoms with Gasteiger partial charge < -0.3 is 4.74 Å². The Morgan fingerprint density at radius 3 is 2.76 bits per heavy atom. The van der Waals surface area contributed by atoms with Crippen molar-refractivity contribution in [2.45, 2.75) is 6.23 Å². The van der Waals surface area contributed by atoms with E-state index in [1.165, 1.54) is 0 Å². The number of aromatic nitrogens is 1. The van der Waals surface area contributed by atoms with Crippen LogP contribution in [0.4, 0.5) is 0 Å². The van der Waals surface area contributed by atoms with Crippen LogP contribution in [0, 0.1) is 0 Å². The number of hydrogen-bond donors (Lipinski definition) is 0. The number of thiocarbonyl (C=S) groups is 1. The molecule has 0 saturated heterocycles. The third-order valence-corrected chi connectivity index (χ3v) is 3.34. The molecule has 0 fully saturated rings. The van der Waals surface area contributed by atoms with Crippen molar-refractivity contribution in [1.29, 1.82) is 0 Å². The van der Waals surface area contributed by atoms with Crippen LogP contribution >= 0.6 is 23.6 Å². The Kier molecular flexibility index (Phi) is 2.66. The first-order valence-corrected chi connectivity index (χ1v) is 6.24. The summed E-state index contributed by atoms with van der Waals surface area (Å²) in [6, 6.07) is 9.98. The highest BCUT2D eigenvalue weighted by Gasteiger charge is 2.22. The zero-order valence-corrected chi connectivity index (χ0v) is 10.2.